The Bertz CT molecular complexity index is 996. The van der Waals surface area contributed by atoms with Gasteiger partial charge in [-0.3, -0.25) is 14.4 Å². The molecule has 1 aromatic rings. The van der Waals surface area contributed by atoms with Gasteiger partial charge in [0, 0.05) is 12.8 Å². The number of carbonyl (C=O) groups excluding carboxylic acids is 4. The van der Waals surface area contributed by atoms with Crippen LogP contribution in [0.25, 0.3) is 0 Å². The summed E-state index contributed by atoms with van der Waals surface area (Å²) in [5, 5.41) is 3.49. The van der Waals surface area contributed by atoms with Crippen molar-refractivity contribution >= 4 is 39.8 Å². The van der Waals surface area contributed by atoms with Gasteiger partial charge >= 0.3 is 5.97 Å². The fraction of sp³-hybridized carbons (Fsp3) is 0.643. The highest BCUT2D eigenvalue weighted by Crippen LogP contribution is 2.41. The minimum atomic E-state index is -2.29. The van der Waals surface area contributed by atoms with Crippen LogP contribution >= 0.6 is 0 Å². The van der Waals surface area contributed by atoms with Crippen LogP contribution in [0.1, 0.15) is 71.3 Å². The van der Waals surface area contributed by atoms with Gasteiger partial charge in [0.15, 0.2) is 14.1 Å². The van der Waals surface area contributed by atoms with E-state index in [1.807, 2.05) is 30.3 Å². The van der Waals surface area contributed by atoms with Gasteiger partial charge in [-0.25, -0.2) is 4.79 Å². The lowest BCUT2D eigenvalue weighted by Gasteiger charge is -2.43. The Hall–Kier alpha value is -2.46. The summed E-state index contributed by atoms with van der Waals surface area (Å²) in [5.41, 5.74) is 1.04. The largest absolute Gasteiger partial charge is 0.412 e. The zero-order valence-corrected chi connectivity index (χ0v) is 24.3. The first kappa shape index (κ1) is 30.1. The van der Waals surface area contributed by atoms with Crippen LogP contribution in [0.15, 0.2) is 30.3 Å². The summed E-state index contributed by atoms with van der Waals surface area (Å²) in [4.78, 5) is 54.8. The van der Waals surface area contributed by atoms with E-state index in [1.165, 1.54) is 0 Å². The molecule has 2 aliphatic rings. The fourth-order valence-corrected chi connectivity index (χ4v) is 6.46. The number of benzene rings is 1. The minimum absolute atomic E-state index is 0.0581. The van der Waals surface area contributed by atoms with E-state index in [-0.39, 0.29) is 23.8 Å². The molecule has 4 atom stereocenters. The first-order chi connectivity index (χ1) is 17.8. The van der Waals surface area contributed by atoms with Crippen LogP contribution in [0, 0.1) is 11.8 Å². The molecule has 38 heavy (non-hydrogen) atoms. The number of nitrogens with zero attached hydrogens (tertiary/aromatic N) is 1. The van der Waals surface area contributed by atoms with E-state index in [0.29, 0.717) is 24.3 Å². The highest BCUT2D eigenvalue weighted by Gasteiger charge is 2.44. The zero-order chi connectivity index (χ0) is 28.1. The number of imide groups is 1. The van der Waals surface area contributed by atoms with Gasteiger partial charge in [0.25, 0.3) is 11.8 Å². The SMILES string of the molecule is [B]C(=O)N[C@H](Cc1ccccc1)C(CC1CCCC[C@@H]1C(=O)ON1C(=O)CCC1=O)O[Si](C)(C)C(C)(C)C. The summed E-state index contributed by atoms with van der Waals surface area (Å²) in [6.07, 6.45) is 3.98. The van der Waals surface area contributed by atoms with Gasteiger partial charge in [0.05, 0.1) is 18.1 Å². The minimum Gasteiger partial charge on any atom is -0.412 e. The molecule has 0 spiro atoms. The standard InChI is InChI=1S/C28H41BN2O6Si/c1-28(2,3)38(4,5)37-23(22(30-27(29)35)17-19-11-7-6-8-12-19)18-20-13-9-10-14-21(20)26(34)36-31-24(32)15-16-25(31)33/h6-8,11-12,20-23H,9-10,13-18H2,1-5H3,(H,30,35)/t20?,21-,22+,23?/m0/s1. The summed E-state index contributed by atoms with van der Waals surface area (Å²) >= 11 is 0. The topological polar surface area (TPSA) is 102 Å². The van der Waals surface area contributed by atoms with Crippen LogP contribution in [-0.4, -0.2) is 57.0 Å². The molecule has 10 heteroatoms. The first-order valence-electron chi connectivity index (χ1n) is 13.6. The van der Waals surface area contributed by atoms with E-state index in [2.05, 4.69) is 39.2 Å². The van der Waals surface area contributed by atoms with E-state index in [1.54, 1.807) is 0 Å². The van der Waals surface area contributed by atoms with E-state index >= 15 is 0 Å². The second kappa shape index (κ2) is 12.6. The predicted octanol–water partition coefficient (Wildman–Crippen LogP) is 4.67. The van der Waals surface area contributed by atoms with Crippen LogP contribution in [0.2, 0.25) is 18.1 Å². The van der Waals surface area contributed by atoms with Crippen molar-refractivity contribution in [2.45, 2.75) is 102 Å². The lowest BCUT2D eigenvalue weighted by atomic mass is 9.75. The van der Waals surface area contributed by atoms with Crippen LogP contribution in [-0.2, 0) is 30.1 Å². The molecular formula is C28H41BN2O6Si. The van der Waals surface area contributed by atoms with Crippen molar-refractivity contribution in [3.63, 3.8) is 0 Å². The second-order valence-corrected chi connectivity index (χ2v) is 16.9. The van der Waals surface area contributed by atoms with Crippen molar-refractivity contribution in [2.24, 2.45) is 11.8 Å². The molecule has 1 N–H and O–H groups in total. The summed E-state index contributed by atoms with van der Waals surface area (Å²) < 4.78 is 6.93. The third-order valence-corrected chi connectivity index (χ3v) is 12.8. The molecule has 2 fully saturated rings. The molecule has 1 saturated heterocycles. The van der Waals surface area contributed by atoms with Crippen molar-refractivity contribution in [1.29, 1.82) is 0 Å². The van der Waals surface area contributed by atoms with Gasteiger partial charge in [0.1, 0.15) is 0 Å². The molecule has 2 unspecified atom stereocenters. The highest BCUT2D eigenvalue weighted by atomic mass is 28.4. The molecule has 1 saturated carbocycles. The molecule has 0 aromatic heterocycles. The molecule has 1 aliphatic carbocycles. The number of hydroxylamine groups is 2. The Morgan fingerprint density at radius 2 is 1.68 bits per heavy atom. The molecule has 8 nitrogen and oxygen atoms in total. The van der Waals surface area contributed by atoms with Crippen LogP contribution in [0.4, 0.5) is 4.79 Å². The Labute approximate surface area is 228 Å². The molecular weight excluding hydrogens is 499 g/mol. The van der Waals surface area contributed by atoms with Crippen molar-refractivity contribution in [3.8, 4) is 0 Å². The molecule has 3 amide bonds. The van der Waals surface area contributed by atoms with Crippen molar-refractivity contribution in [3.05, 3.63) is 35.9 Å². The number of nitrogens with one attached hydrogen (secondary N) is 1. The fourth-order valence-electron chi connectivity index (χ4n) is 5.09. The van der Waals surface area contributed by atoms with Crippen LogP contribution in [0.5, 0.6) is 0 Å². The normalized spacial score (nSPS) is 22.2. The maximum absolute atomic E-state index is 13.2. The second-order valence-electron chi connectivity index (χ2n) is 12.1. The van der Waals surface area contributed by atoms with Gasteiger partial charge in [-0.1, -0.05) is 63.9 Å². The summed E-state index contributed by atoms with van der Waals surface area (Å²) in [6, 6.07) is 9.46. The van der Waals surface area contributed by atoms with E-state index in [4.69, 9.17) is 17.1 Å². The van der Waals surface area contributed by atoms with E-state index < -0.39 is 50.0 Å². The predicted molar refractivity (Wildman–Crippen MR) is 148 cm³/mol. The third-order valence-electron chi connectivity index (χ3n) is 8.26. The van der Waals surface area contributed by atoms with Crippen LogP contribution in [0.3, 0.4) is 0 Å². The average Bonchev–Trinajstić information content (AvgIpc) is 3.15. The number of hydrogen-bond donors (Lipinski definition) is 1. The monoisotopic (exact) mass is 540 g/mol. The first-order valence-corrected chi connectivity index (χ1v) is 16.5. The number of hydrogen-bond acceptors (Lipinski definition) is 6. The lowest BCUT2D eigenvalue weighted by Crippen LogP contribution is -2.53. The van der Waals surface area contributed by atoms with Crippen molar-refractivity contribution in [2.75, 3.05) is 0 Å². The van der Waals surface area contributed by atoms with Gasteiger partial charge in [0.2, 0.25) is 7.85 Å². The van der Waals surface area contributed by atoms with Gasteiger partial charge in [-0.2, -0.15) is 0 Å². The summed E-state index contributed by atoms with van der Waals surface area (Å²) in [7, 11) is 3.34. The Kier molecular flexibility index (Phi) is 9.97. The van der Waals surface area contributed by atoms with Crippen molar-refractivity contribution in [1.82, 2.24) is 10.4 Å². The molecule has 1 heterocycles. The van der Waals surface area contributed by atoms with Gasteiger partial charge in [-0.15, -0.1) is 5.06 Å². The van der Waals surface area contributed by atoms with Crippen molar-refractivity contribution < 1.29 is 28.4 Å². The van der Waals surface area contributed by atoms with Gasteiger partial charge < -0.3 is 14.6 Å². The molecule has 206 valence electrons. The number of carbonyl (C=O) groups is 4. The van der Waals surface area contributed by atoms with Gasteiger partial charge in [-0.05, 0) is 55.3 Å². The number of rotatable bonds is 10. The van der Waals surface area contributed by atoms with E-state index in [0.717, 1.165) is 24.8 Å². The molecule has 1 aromatic carbocycles. The Balaban J connectivity index is 1.88. The maximum atomic E-state index is 13.2. The smallest absolute Gasteiger partial charge is 0.336 e. The Morgan fingerprint density at radius 1 is 1.08 bits per heavy atom. The molecule has 2 radical (unpaired) electrons. The Morgan fingerprint density at radius 3 is 2.26 bits per heavy atom. The molecule has 0 bridgehead atoms. The quantitative estimate of drug-likeness (QED) is 0.342. The van der Waals surface area contributed by atoms with E-state index in [9.17, 15) is 19.2 Å². The third kappa shape index (κ3) is 7.79. The zero-order valence-electron chi connectivity index (χ0n) is 23.3. The number of amides is 3. The summed E-state index contributed by atoms with van der Waals surface area (Å²) in [6.45, 7) is 10.8. The molecule has 3 rings (SSSR count). The highest BCUT2D eigenvalue weighted by molar-refractivity contribution is 6.74. The van der Waals surface area contributed by atoms with Crippen LogP contribution < -0.4 is 5.32 Å². The maximum Gasteiger partial charge on any atom is 0.336 e. The summed E-state index contributed by atoms with van der Waals surface area (Å²) in [5.74, 6) is -2.70. The average molecular weight is 541 g/mol. The lowest BCUT2D eigenvalue weighted by molar-refractivity contribution is -0.202. The molecule has 1 aliphatic heterocycles.